The number of hydrogen-bond donors (Lipinski definition) is 0. The molecule has 154 valence electrons. The van der Waals surface area contributed by atoms with Crippen LogP contribution in [0.5, 0.6) is 0 Å². The predicted molar refractivity (Wildman–Crippen MR) is 127 cm³/mol. The second kappa shape index (κ2) is 9.60. The molecule has 2 aromatic heterocycles. The van der Waals surface area contributed by atoms with Gasteiger partial charge >= 0.3 is 0 Å². The first-order valence-corrected chi connectivity index (χ1v) is 11.4. The Bertz CT molecular complexity index is 1220. The predicted octanol–water partition coefficient (Wildman–Crippen LogP) is 5.15. The van der Waals surface area contributed by atoms with Crippen molar-refractivity contribution < 1.29 is 0 Å². The number of allylic oxidation sites excluding steroid dienone is 1. The number of benzene rings is 2. The summed E-state index contributed by atoms with van der Waals surface area (Å²) in [5.41, 5.74) is 4.59. The fourth-order valence-electron chi connectivity index (χ4n) is 2.90. The van der Waals surface area contributed by atoms with E-state index < -0.39 is 0 Å². The number of thioether (sulfide) groups is 1. The van der Waals surface area contributed by atoms with Gasteiger partial charge in [-0.05, 0) is 35.9 Å². The third kappa shape index (κ3) is 5.02. The third-order valence-electron chi connectivity index (χ3n) is 4.52. The third-order valence-corrected chi connectivity index (χ3v) is 6.42. The highest BCUT2D eigenvalue weighted by Crippen LogP contribution is 2.27. The SMILES string of the molecule is CN(C)c1ccc(/C=C(\C#N)c2nc(CSc3nncn3-c3ccccc3)cs2)cc1. The van der Waals surface area contributed by atoms with E-state index in [2.05, 4.69) is 21.3 Å². The molecule has 2 heterocycles. The van der Waals surface area contributed by atoms with E-state index in [0.717, 1.165) is 32.8 Å². The highest BCUT2D eigenvalue weighted by molar-refractivity contribution is 7.98. The zero-order valence-corrected chi connectivity index (χ0v) is 18.8. The molecule has 0 saturated carbocycles. The molecule has 0 spiro atoms. The lowest BCUT2D eigenvalue weighted by atomic mass is 10.1. The van der Waals surface area contributed by atoms with Crippen LogP contribution in [0.2, 0.25) is 0 Å². The molecule has 0 aliphatic rings. The summed E-state index contributed by atoms with van der Waals surface area (Å²) in [6, 6.07) is 20.4. The van der Waals surface area contributed by atoms with Crippen LogP contribution >= 0.6 is 23.1 Å². The normalized spacial score (nSPS) is 11.3. The Labute approximate surface area is 189 Å². The largest absolute Gasteiger partial charge is 0.378 e. The van der Waals surface area contributed by atoms with Crippen molar-refractivity contribution in [2.45, 2.75) is 10.9 Å². The zero-order valence-electron chi connectivity index (χ0n) is 17.1. The molecule has 4 aromatic rings. The molecule has 2 aromatic carbocycles. The van der Waals surface area contributed by atoms with Gasteiger partial charge in [-0.1, -0.05) is 42.1 Å². The number of anilines is 1. The molecule has 0 bridgehead atoms. The molecule has 6 nitrogen and oxygen atoms in total. The van der Waals surface area contributed by atoms with Crippen molar-refractivity contribution in [2.75, 3.05) is 19.0 Å². The topological polar surface area (TPSA) is 70.6 Å². The maximum Gasteiger partial charge on any atom is 0.195 e. The fourth-order valence-corrected chi connectivity index (χ4v) is 4.61. The Morgan fingerprint density at radius 2 is 1.94 bits per heavy atom. The van der Waals surface area contributed by atoms with Gasteiger partial charge in [-0.25, -0.2) is 4.98 Å². The number of nitrogens with zero attached hydrogens (tertiary/aromatic N) is 6. The van der Waals surface area contributed by atoms with Gasteiger partial charge in [0.2, 0.25) is 0 Å². The first kappa shape index (κ1) is 20.8. The van der Waals surface area contributed by atoms with E-state index in [0.29, 0.717) is 11.3 Å². The van der Waals surface area contributed by atoms with Crippen molar-refractivity contribution in [1.29, 1.82) is 5.26 Å². The number of thiazole rings is 1. The molecule has 0 aliphatic carbocycles. The average molecular weight is 445 g/mol. The quantitative estimate of drug-likeness (QED) is 0.290. The van der Waals surface area contributed by atoms with Gasteiger partial charge < -0.3 is 4.90 Å². The van der Waals surface area contributed by atoms with Crippen LogP contribution in [0.15, 0.2) is 71.5 Å². The van der Waals surface area contributed by atoms with E-state index in [-0.39, 0.29) is 0 Å². The monoisotopic (exact) mass is 444 g/mol. The lowest BCUT2D eigenvalue weighted by molar-refractivity contribution is 0.883. The average Bonchev–Trinajstić information content (AvgIpc) is 3.46. The van der Waals surface area contributed by atoms with Gasteiger partial charge in [0, 0.05) is 36.6 Å². The molecule has 0 fully saturated rings. The molecule has 8 heteroatoms. The highest BCUT2D eigenvalue weighted by atomic mass is 32.2. The zero-order chi connectivity index (χ0) is 21.6. The van der Waals surface area contributed by atoms with Crippen LogP contribution in [0.25, 0.3) is 17.3 Å². The van der Waals surface area contributed by atoms with Gasteiger partial charge in [0.1, 0.15) is 17.4 Å². The van der Waals surface area contributed by atoms with Crippen LogP contribution in [0, 0.1) is 11.3 Å². The van der Waals surface area contributed by atoms with E-state index in [1.165, 1.54) is 11.3 Å². The summed E-state index contributed by atoms with van der Waals surface area (Å²) in [5, 5.41) is 21.4. The lowest BCUT2D eigenvalue weighted by Crippen LogP contribution is -2.07. The van der Waals surface area contributed by atoms with Crippen molar-refractivity contribution >= 4 is 40.4 Å². The smallest absolute Gasteiger partial charge is 0.195 e. The van der Waals surface area contributed by atoms with Gasteiger partial charge in [0.15, 0.2) is 5.16 Å². The van der Waals surface area contributed by atoms with E-state index in [9.17, 15) is 5.26 Å². The summed E-state index contributed by atoms with van der Waals surface area (Å²) < 4.78 is 1.95. The van der Waals surface area contributed by atoms with Gasteiger partial charge in [-0.3, -0.25) is 4.57 Å². The van der Waals surface area contributed by atoms with Crippen molar-refractivity contribution in [3.63, 3.8) is 0 Å². The number of rotatable bonds is 7. The fraction of sp³-hybridized carbons (Fsp3) is 0.130. The van der Waals surface area contributed by atoms with Crippen molar-refractivity contribution in [3.05, 3.63) is 82.6 Å². The molecule has 0 aliphatic heterocycles. The Morgan fingerprint density at radius 1 is 1.16 bits per heavy atom. The van der Waals surface area contributed by atoms with E-state index in [4.69, 9.17) is 0 Å². The number of nitriles is 1. The van der Waals surface area contributed by atoms with E-state index in [1.807, 2.05) is 89.6 Å². The van der Waals surface area contributed by atoms with Crippen LogP contribution in [0.4, 0.5) is 5.69 Å². The van der Waals surface area contributed by atoms with Crippen LogP contribution in [-0.4, -0.2) is 33.8 Å². The summed E-state index contributed by atoms with van der Waals surface area (Å²) in [7, 11) is 4.01. The van der Waals surface area contributed by atoms with Crippen LogP contribution < -0.4 is 4.90 Å². The second-order valence-electron chi connectivity index (χ2n) is 6.91. The molecule has 0 amide bonds. The van der Waals surface area contributed by atoms with Gasteiger partial charge in [0.05, 0.1) is 11.3 Å². The number of para-hydroxylation sites is 1. The maximum absolute atomic E-state index is 9.65. The Morgan fingerprint density at radius 3 is 2.65 bits per heavy atom. The summed E-state index contributed by atoms with van der Waals surface area (Å²) in [6.45, 7) is 0. The first-order chi connectivity index (χ1) is 15.1. The maximum atomic E-state index is 9.65. The molecular weight excluding hydrogens is 424 g/mol. The van der Waals surface area contributed by atoms with E-state index >= 15 is 0 Å². The minimum atomic E-state index is 0.561. The number of hydrogen-bond acceptors (Lipinski definition) is 7. The molecule has 31 heavy (non-hydrogen) atoms. The Kier molecular flexibility index (Phi) is 6.46. The van der Waals surface area contributed by atoms with Crippen molar-refractivity contribution in [2.24, 2.45) is 0 Å². The van der Waals surface area contributed by atoms with Gasteiger partial charge in [-0.15, -0.1) is 21.5 Å². The first-order valence-electron chi connectivity index (χ1n) is 9.56. The van der Waals surface area contributed by atoms with Crippen LogP contribution in [0.1, 0.15) is 16.3 Å². The van der Waals surface area contributed by atoms with Gasteiger partial charge in [0.25, 0.3) is 0 Å². The van der Waals surface area contributed by atoms with Crippen LogP contribution in [-0.2, 0) is 5.75 Å². The summed E-state index contributed by atoms with van der Waals surface area (Å²) in [6.07, 6.45) is 3.59. The van der Waals surface area contributed by atoms with Crippen LogP contribution in [0.3, 0.4) is 0 Å². The summed E-state index contributed by atoms with van der Waals surface area (Å²) in [4.78, 5) is 6.71. The molecule has 0 saturated heterocycles. The Hall–Kier alpha value is -3.41. The van der Waals surface area contributed by atoms with Gasteiger partial charge in [-0.2, -0.15) is 5.26 Å². The Balaban J connectivity index is 1.47. The number of aromatic nitrogens is 4. The minimum absolute atomic E-state index is 0.561. The second-order valence-corrected chi connectivity index (χ2v) is 8.71. The molecule has 4 rings (SSSR count). The molecule has 0 N–H and O–H groups in total. The standard InChI is InChI=1S/C23H20N6S2/c1-28(2)20-10-8-17(9-11-20)12-18(13-24)22-26-19(14-30-22)15-31-23-27-25-16-29(23)21-6-4-3-5-7-21/h3-12,14,16H,15H2,1-2H3/b18-12+. The minimum Gasteiger partial charge on any atom is -0.378 e. The molecular formula is C23H20N6S2. The summed E-state index contributed by atoms with van der Waals surface area (Å²) in [5.74, 6) is 0.651. The molecule has 0 unspecified atom stereocenters. The van der Waals surface area contributed by atoms with Crippen molar-refractivity contribution in [3.8, 4) is 11.8 Å². The summed E-state index contributed by atoms with van der Waals surface area (Å²) >= 11 is 3.05. The van der Waals surface area contributed by atoms with E-state index in [1.54, 1.807) is 18.1 Å². The van der Waals surface area contributed by atoms with Crippen molar-refractivity contribution in [1.82, 2.24) is 19.7 Å². The highest BCUT2D eigenvalue weighted by Gasteiger charge is 2.11. The lowest BCUT2D eigenvalue weighted by Gasteiger charge is -2.11. The molecule has 0 atom stereocenters. The molecule has 0 radical (unpaired) electrons.